The van der Waals surface area contributed by atoms with Gasteiger partial charge in [0.15, 0.2) is 5.17 Å². The highest BCUT2D eigenvalue weighted by molar-refractivity contribution is 8.15. The van der Waals surface area contributed by atoms with Crippen LogP contribution >= 0.6 is 11.8 Å². The quantitative estimate of drug-likeness (QED) is 0.703. The van der Waals surface area contributed by atoms with Crippen molar-refractivity contribution in [2.24, 2.45) is 4.99 Å². The van der Waals surface area contributed by atoms with Crippen molar-refractivity contribution < 1.29 is 9.59 Å². The van der Waals surface area contributed by atoms with Crippen LogP contribution in [0.4, 0.5) is 11.4 Å². The molecule has 1 aliphatic heterocycles. The molecule has 1 fully saturated rings. The average molecular weight is 408 g/mol. The van der Waals surface area contributed by atoms with Crippen LogP contribution in [0.2, 0.25) is 0 Å². The number of amidine groups is 1. The molecular weight excluding hydrogens is 382 g/mol. The summed E-state index contributed by atoms with van der Waals surface area (Å²) in [4.78, 5) is 31.8. The van der Waals surface area contributed by atoms with Gasteiger partial charge >= 0.3 is 0 Å². The predicted octanol–water partition coefficient (Wildman–Crippen LogP) is 4.76. The summed E-state index contributed by atoms with van der Waals surface area (Å²) in [6, 6.07) is 13.7. The van der Waals surface area contributed by atoms with E-state index in [1.54, 1.807) is 11.0 Å². The van der Waals surface area contributed by atoms with Crippen LogP contribution in [0.25, 0.3) is 0 Å². The lowest BCUT2D eigenvalue weighted by Crippen LogP contribution is -2.33. The van der Waals surface area contributed by atoms with Crippen LogP contribution in [-0.4, -0.2) is 33.7 Å². The summed E-state index contributed by atoms with van der Waals surface area (Å²) in [5.41, 5.74) is 4.69. The molecule has 0 spiro atoms. The van der Waals surface area contributed by atoms with Crippen molar-refractivity contribution in [3.8, 4) is 0 Å². The highest BCUT2D eigenvalue weighted by Gasteiger charge is 2.38. The Labute approximate surface area is 175 Å². The Kier molecular flexibility index (Phi) is 6.54. The summed E-state index contributed by atoms with van der Waals surface area (Å²) in [5, 5.41) is 3.04. The SMILES string of the molecule is C=CCN1C(=O)[C@H](CC(=O)Nc2cc(C)ccc2C)SC1=Nc1ccccc1C. The minimum Gasteiger partial charge on any atom is -0.326 e. The second-order valence-electron chi connectivity index (χ2n) is 7.10. The van der Waals surface area contributed by atoms with Crippen molar-refractivity contribution in [2.45, 2.75) is 32.4 Å². The largest absolute Gasteiger partial charge is 0.326 e. The molecule has 1 heterocycles. The summed E-state index contributed by atoms with van der Waals surface area (Å²) < 4.78 is 0. The van der Waals surface area contributed by atoms with Gasteiger partial charge in [-0.05, 0) is 49.6 Å². The predicted molar refractivity (Wildman–Crippen MR) is 121 cm³/mol. The van der Waals surface area contributed by atoms with Gasteiger partial charge in [-0.3, -0.25) is 14.5 Å². The number of hydrogen-bond acceptors (Lipinski definition) is 4. The lowest BCUT2D eigenvalue weighted by atomic mass is 10.1. The van der Waals surface area contributed by atoms with Gasteiger partial charge in [-0.2, -0.15) is 0 Å². The molecule has 6 heteroatoms. The summed E-state index contributed by atoms with van der Waals surface area (Å²) in [7, 11) is 0. The monoisotopic (exact) mass is 407 g/mol. The fourth-order valence-electron chi connectivity index (χ4n) is 3.05. The van der Waals surface area contributed by atoms with E-state index in [0.717, 1.165) is 28.1 Å². The Morgan fingerprint density at radius 2 is 1.97 bits per heavy atom. The topological polar surface area (TPSA) is 61.8 Å². The number of rotatable bonds is 6. The van der Waals surface area contributed by atoms with Crippen molar-refractivity contribution in [3.05, 3.63) is 71.8 Å². The summed E-state index contributed by atoms with van der Waals surface area (Å²) >= 11 is 1.33. The van der Waals surface area contributed by atoms with Crippen molar-refractivity contribution in [2.75, 3.05) is 11.9 Å². The van der Waals surface area contributed by atoms with Gasteiger partial charge in [0.25, 0.3) is 0 Å². The molecule has 0 aliphatic carbocycles. The zero-order valence-corrected chi connectivity index (χ0v) is 17.8. The second-order valence-corrected chi connectivity index (χ2v) is 8.27. The van der Waals surface area contributed by atoms with Gasteiger partial charge in [0.1, 0.15) is 5.25 Å². The van der Waals surface area contributed by atoms with Gasteiger partial charge < -0.3 is 5.32 Å². The Bertz CT molecular complexity index is 984. The molecule has 3 rings (SSSR count). The lowest BCUT2D eigenvalue weighted by molar-refractivity contribution is -0.127. The third-order valence-corrected chi connectivity index (χ3v) is 5.88. The van der Waals surface area contributed by atoms with E-state index in [1.165, 1.54) is 11.8 Å². The van der Waals surface area contributed by atoms with E-state index in [9.17, 15) is 9.59 Å². The molecule has 29 heavy (non-hydrogen) atoms. The highest BCUT2D eigenvalue weighted by atomic mass is 32.2. The number of amides is 2. The molecule has 0 saturated carbocycles. The van der Waals surface area contributed by atoms with Crippen LogP contribution in [0.3, 0.4) is 0 Å². The van der Waals surface area contributed by atoms with Crippen LogP contribution in [0.5, 0.6) is 0 Å². The number of aliphatic imine (C=N–C) groups is 1. The smallest absolute Gasteiger partial charge is 0.242 e. The standard InChI is InChI=1S/C23H25N3O2S/c1-5-12-26-22(28)20(29-23(26)25-18-9-7-6-8-16(18)3)14-21(27)24-19-13-15(2)10-11-17(19)4/h5-11,13,20H,1,12,14H2,2-4H3,(H,24,27)/t20-/m0/s1. The molecule has 0 bridgehead atoms. The Morgan fingerprint density at radius 1 is 1.21 bits per heavy atom. The Balaban J connectivity index is 1.77. The first-order valence-electron chi connectivity index (χ1n) is 9.49. The summed E-state index contributed by atoms with van der Waals surface area (Å²) in [5.74, 6) is -0.293. The molecule has 2 aromatic rings. The minimum absolute atomic E-state index is 0.0946. The second kappa shape index (κ2) is 9.09. The van der Waals surface area contributed by atoms with Crippen LogP contribution in [0.15, 0.2) is 60.1 Å². The van der Waals surface area contributed by atoms with E-state index in [2.05, 4.69) is 16.9 Å². The van der Waals surface area contributed by atoms with Gasteiger partial charge in [0, 0.05) is 18.7 Å². The summed E-state index contributed by atoms with van der Waals surface area (Å²) in [6.07, 6.45) is 1.77. The van der Waals surface area contributed by atoms with Crippen LogP contribution < -0.4 is 5.32 Å². The molecule has 2 aromatic carbocycles. The first kappa shape index (κ1) is 20.9. The van der Waals surface area contributed by atoms with E-state index >= 15 is 0 Å². The summed E-state index contributed by atoms with van der Waals surface area (Å²) in [6.45, 7) is 10.0. The van der Waals surface area contributed by atoms with E-state index in [0.29, 0.717) is 11.7 Å². The number of benzene rings is 2. The number of nitrogens with one attached hydrogen (secondary N) is 1. The number of para-hydroxylation sites is 1. The van der Waals surface area contributed by atoms with Crippen molar-refractivity contribution in [3.63, 3.8) is 0 Å². The maximum Gasteiger partial charge on any atom is 0.242 e. The van der Waals surface area contributed by atoms with Gasteiger partial charge in [-0.15, -0.1) is 6.58 Å². The number of nitrogens with zero attached hydrogens (tertiary/aromatic N) is 2. The first-order valence-corrected chi connectivity index (χ1v) is 10.4. The van der Waals surface area contributed by atoms with Gasteiger partial charge in [-0.1, -0.05) is 48.2 Å². The van der Waals surface area contributed by atoms with Crippen LogP contribution in [0.1, 0.15) is 23.1 Å². The van der Waals surface area contributed by atoms with E-state index in [1.807, 2.05) is 63.2 Å². The molecular formula is C23H25N3O2S. The molecule has 0 radical (unpaired) electrons. The number of carbonyl (C=O) groups is 2. The molecule has 1 saturated heterocycles. The highest BCUT2D eigenvalue weighted by Crippen LogP contribution is 2.32. The molecule has 2 amide bonds. The van der Waals surface area contributed by atoms with Crippen molar-refractivity contribution in [1.82, 2.24) is 4.90 Å². The Morgan fingerprint density at radius 3 is 2.69 bits per heavy atom. The van der Waals surface area contributed by atoms with Gasteiger partial charge in [0.05, 0.1) is 5.69 Å². The molecule has 5 nitrogen and oxygen atoms in total. The third kappa shape index (κ3) is 4.95. The fraction of sp³-hybridized carbons (Fsp3) is 0.261. The minimum atomic E-state index is -0.497. The van der Waals surface area contributed by atoms with Crippen molar-refractivity contribution >= 4 is 40.1 Å². The molecule has 0 unspecified atom stereocenters. The van der Waals surface area contributed by atoms with Gasteiger partial charge in [0.2, 0.25) is 11.8 Å². The molecule has 150 valence electrons. The number of hydrogen-bond donors (Lipinski definition) is 1. The lowest BCUT2D eigenvalue weighted by Gasteiger charge is -2.14. The zero-order chi connectivity index (χ0) is 21.0. The number of aryl methyl sites for hydroxylation is 3. The molecule has 1 N–H and O–H groups in total. The number of anilines is 1. The molecule has 0 aromatic heterocycles. The molecule has 1 aliphatic rings. The van der Waals surface area contributed by atoms with E-state index in [-0.39, 0.29) is 18.2 Å². The van der Waals surface area contributed by atoms with E-state index in [4.69, 9.17) is 0 Å². The maximum absolute atomic E-state index is 12.9. The van der Waals surface area contributed by atoms with Crippen molar-refractivity contribution in [1.29, 1.82) is 0 Å². The normalized spacial score (nSPS) is 17.6. The average Bonchev–Trinajstić information content (AvgIpc) is 2.95. The Hall–Kier alpha value is -2.86. The fourth-order valence-corrected chi connectivity index (χ4v) is 4.21. The zero-order valence-electron chi connectivity index (χ0n) is 16.9. The van der Waals surface area contributed by atoms with Crippen LogP contribution in [-0.2, 0) is 9.59 Å². The maximum atomic E-state index is 12.9. The van der Waals surface area contributed by atoms with Gasteiger partial charge in [-0.25, -0.2) is 4.99 Å². The van der Waals surface area contributed by atoms with E-state index < -0.39 is 5.25 Å². The van der Waals surface area contributed by atoms with Crippen LogP contribution in [0, 0.1) is 20.8 Å². The number of carbonyl (C=O) groups excluding carboxylic acids is 2. The third-order valence-electron chi connectivity index (χ3n) is 4.70. The molecule has 1 atom stereocenters. The first-order chi connectivity index (χ1) is 13.9. The number of thioether (sulfide) groups is 1.